The van der Waals surface area contributed by atoms with Crippen LogP contribution in [0.25, 0.3) is 11.1 Å². The minimum Gasteiger partial charge on any atom is -0.339 e. The Morgan fingerprint density at radius 2 is 1.91 bits per heavy atom. The molecular formula is C26H32N4O3. The molecule has 0 spiro atoms. The van der Waals surface area contributed by atoms with Gasteiger partial charge in [-0.25, -0.2) is 0 Å². The molecule has 33 heavy (non-hydrogen) atoms. The smallest absolute Gasteiger partial charge is 0.245 e. The predicted octanol–water partition coefficient (Wildman–Crippen LogP) is 2.61. The Morgan fingerprint density at radius 3 is 2.58 bits per heavy atom. The third-order valence-corrected chi connectivity index (χ3v) is 6.73. The average molecular weight is 449 g/mol. The van der Waals surface area contributed by atoms with Crippen LogP contribution in [0.2, 0.25) is 0 Å². The van der Waals surface area contributed by atoms with Crippen molar-refractivity contribution >= 4 is 17.7 Å². The van der Waals surface area contributed by atoms with Crippen molar-refractivity contribution in [3.05, 3.63) is 54.4 Å². The number of carbonyl (C=O) groups is 3. The summed E-state index contributed by atoms with van der Waals surface area (Å²) in [7, 11) is 0. The van der Waals surface area contributed by atoms with Crippen molar-refractivity contribution in [3.63, 3.8) is 0 Å². The number of likely N-dealkylation sites (N-methyl/N-ethyl adjacent to an activating group) is 1. The third kappa shape index (κ3) is 4.77. The summed E-state index contributed by atoms with van der Waals surface area (Å²) in [6.07, 6.45) is 4.23. The lowest BCUT2D eigenvalue weighted by Crippen LogP contribution is -2.60. The van der Waals surface area contributed by atoms with Crippen LogP contribution < -0.4 is 0 Å². The molecule has 0 bridgehead atoms. The molecule has 2 aliphatic rings. The zero-order valence-electron chi connectivity index (χ0n) is 19.6. The van der Waals surface area contributed by atoms with Crippen LogP contribution in [0.4, 0.5) is 0 Å². The normalized spacial score (nSPS) is 21.3. The molecule has 2 saturated heterocycles. The first kappa shape index (κ1) is 23.0. The van der Waals surface area contributed by atoms with Crippen molar-refractivity contribution in [2.24, 2.45) is 5.92 Å². The molecule has 7 nitrogen and oxygen atoms in total. The number of rotatable bonds is 6. The van der Waals surface area contributed by atoms with Gasteiger partial charge in [-0.05, 0) is 43.5 Å². The molecule has 1 aromatic heterocycles. The van der Waals surface area contributed by atoms with E-state index < -0.39 is 6.04 Å². The fourth-order valence-electron chi connectivity index (χ4n) is 4.88. The monoisotopic (exact) mass is 448 g/mol. The van der Waals surface area contributed by atoms with Crippen LogP contribution in [0, 0.1) is 5.92 Å². The van der Waals surface area contributed by atoms with Crippen LogP contribution >= 0.6 is 0 Å². The van der Waals surface area contributed by atoms with E-state index in [2.05, 4.69) is 11.1 Å². The summed E-state index contributed by atoms with van der Waals surface area (Å²) in [5.41, 5.74) is 3.04. The van der Waals surface area contributed by atoms with E-state index in [0.29, 0.717) is 32.6 Å². The van der Waals surface area contributed by atoms with Gasteiger partial charge in [0.05, 0.1) is 5.92 Å². The van der Waals surface area contributed by atoms with E-state index in [4.69, 9.17) is 0 Å². The zero-order valence-corrected chi connectivity index (χ0v) is 19.6. The molecule has 0 aliphatic carbocycles. The van der Waals surface area contributed by atoms with Gasteiger partial charge in [-0.3, -0.25) is 19.4 Å². The fraction of sp³-hybridized carbons (Fsp3) is 0.462. The van der Waals surface area contributed by atoms with E-state index in [1.807, 2.05) is 62.2 Å². The van der Waals surface area contributed by atoms with Gasteiger partial charge in [-0.1, -0.05) is 30.3 Å². The fourth-order valence-corrected chi connectivity index (χ4v) is 4.88. The number of benzene rings is 1. The number of hydrogen-bond acceptors (Lipinski definition) is 4. The van der Waals surface area contributed by atoms with E-state index >= 15 is 0 Å². The Bertz CT molecular complexity index is 1020. The molecule has 3 amide bonds. The van der Waals surface area contributed by atoms with Crippen molar-refractivity contribution in [2.75, 3.05) is 26.2 Å². The molecule has 0 radical (unpaired) electrons. The first-order valence-electron chi connectivity index (χ1n) is 11.8. The number of nitrogens with zero attached hydrogens (tertiary/aromatic N) is 4. The summed E-state index contributed by atoms with van der Waals surface area (Å²) in [5.74, 6) is -0.467. The molecule has 4 rings (SSSR count). The lowest BCUT2D eigenvalue weighted by molar-refractivity contribution is -0.153. The highest BCUT2D eigenvalue weighted by Gasteiger charge is 2.43. The SMILES string of the molecule is CCN1CCN(C(=O)[C@H]2CC(=O)N(C(C)C)C2)[C@@H](Cc2cccc(-c3cccnc3)c2)C1=O. The number of amides is 3. The maximum atomic E-state index is 13.5. The molecule has 7 heteroatoms. The molecule has 2 aromatic rings. The van der Waals surface area contributed by atoms with Crippen LogP contribution in [0.1, 0.15) is 32.8 Å². The topological polar surface area (TPSA) is 73.8 Å². The summed E-state index contributed by atoms with van der Waals surface area (Å²) in [6, 6.07) is 11.5. The standard InChI is InChI=1S/C26H32N4O3/c1-4-28-11-12-29(25(32)22-15-24(31)30(17-22)18(2)3)23(26(28)33)14-19-7-5-8-20(13-19)21-9-6-10-27-16-21/h5-10,13,16,18,22-23H,4,11-12,14-15,17H2,1-3H3/t22-,23-/m0/s1. The van der Waals surface area contributed by atoms with Gasteiger partial charge < -0.3 is 14.7 Å². The molecule has 174 valence electrons. The van der Waals surface area contributed by atoms with Gasteiger partial charge in [-0.2, -0.15) is 0 Å². The summed E-state index contributed by atoms with van der Waals surface area (Å²) in [6.45, 7) is 7.97. The van der Waals surface area contributed by atoms with Gasteiger partial charge in [0.1, 0.15) is 6.04 Å². The Kier molecular flexibility index (Phi) is 6.77. The van der Waals surface area contributed by atoms with Crippen LogP contribution in [0.15, 0.2) is 48.8 Å². The molecule has 3 heterocycles. The van der Waals surface area contributed by atoms with Crippen molar-refractivity contribution in [1.29, 1.82) is 0 Å². The Balaban J connectivity index is 1.57. The predicted molar refractivity (Wildman–Crippen MR) is 126 cm³/mol. The molecule has 0 unspecified atom stereocenters. The summed E-state index contributed by atoms with van der Waals surface area (Å²) < 4.78 is 0. The number of pyridine rings is 1. The second-order valence-corrected chi connectivity index (χ2v) is 9.15. The second kappa shape index (κ2) is 9.73. The maximum Gasteiger partial charge on any atom is 0.245 e. The van der Waals surface area contributed by atoms with Crippen LogP contribution in [-0.4, -0.2) is 75.7 Å². The van der Waals surface area contributed by atoms with Gasteiger partial charge >= 0.3 is 0 Å². The third-order valence-electron chi connectivity index (χ3n) is 6.73. The highest BCUT2D eigenvalue weighted by molar-refractivity contribution is 5.93. The molecule has 0 saturated carbocycles. The number of hydrogen-bond donors (Lipinski definition) is 0. The molecule has 2 fully saturated rings. The molecular weight excluding hydrogens is 416 g/mol. The van der Waals surface area contributed by atoms with E-state index in [9.17, 15) is 14.4 Å². The second-order valence-electron chi connectivity index (χ2n) is 9.15. The van der Waals surface area contributed by atoms with Crippen LogP contribution in [0.5, 0.6) is 0 Å². The van der Waals surface area contributed by atoms with Crippen molar-refractivity contribution in [1.82, 2.24) is 19.7 Å². The van der Waals surface area contributed by atoms with E-state index in [1.54, 1.807) is 16.0 Å². The van der Waals surface area contributed by atoms with Crippen molar-refractivity contribution in [2.45, 2.75) is 45.7 Å². The first-order valence-corrected chi connectivity index (χ1v) is 11.8. The Hall–Kier alpha value is -3.22. The Labute approximate surface area is 195 Å². The minimum atomic E-state index is -0.557. The average Bonchev–Trinajstić information content (AvgIpc) is 3.22. The molecule has 0 N–H and O–H groups in total. The van der Waals surface area contributed by atoms with Gasteiger partial charge in [-0.15, -0.1) is 0 Å². The van der Waals surface area contributed by atoms with E-state index in [0.717, 1.165) is 16.7 Å². The van der Waals surface area contributed by atoms with Gasteiger partial charge in [0.25, 0.3) is 0 Å². The van der Waals surface area contributed by atoms with Gasteiger partial charge in [0.2, 0.25) is 17.7 Å². The number of likely N-dealkylation sites (tertiary alicyclic amines) is 1. The zero-order chi connectivity index (χ0) is 23.5. The van der Waals surface area contributed by atoms with Crippen molar-refractivity contribution < 1.29 is 14.4 Å². The lowest BCUT2D eigenvalue weighted by atomic mass is 9.96. The molecule has 1 aromatic carbocycles. The van der Waals surface area contributed by atoms with Crippen LogP contribution in [-0.2, 0) is 20.8 Å². The lowest BCUT2D eigenvalue weighted by Gasteiger charge is -2.41. The maximum absolute atomic E-state index is 13.5. The minimum absolute atomic E-state index is 0.0163. The largest absolute Gasteiger partial charge is 0.339 e. The van der Waals surface area contributed by atoms with E-state index in [-0.39, 0.29) is 36.1 Å². The molecule has 2 aliphatic heterocycles. The van der Waals surface area contributed by atoms with Crippen molar-refractivity contribution in [3.8, 4) is 11.1 Å². The first-order chi connectivity index (χ1) is 15.9. The van der Waals surface area contributed by atoms with Gasteiger partial charge in [0.15, 0.2) is 0 Å². The number of aromatic nitrogens is 1. The summed E-state index contributed by atoms with van der Waals surface area (Å²) in [5, 5.41) is 0. The summed E-state index contributed by atoms with van der Waals surface area (Å²) in [4.78, 5) is 48.7. The number of piperazine rings is 1. The Morgan fingerprint density at radius 1 is 1.12 bits per heavy atom. The highest BCUT2D eigenvalue weighted by Crippen LogP contribution is 2.27. The van der Waals surface area contributed by atoms with Gasteiger partial charge in [0, 0.05) is 57.5 Å². The summed E-state index contributed by atoms with van der Waals surface area (Å²) >= 11 is 0. The highest BCUT2D eigenvalue weighted by atomic mass is 16.2. The number of carbonyl (C=O) groups excluding carboxylic acids is 3. The molecule has 2 atom stereocenters. The van der Waals surface area contributed by atoms with E-state index in [1.165, 1.54) is 0 Å². The van der Waals surface area contributed by atoms with Crippen LogP contribution in [0.3, 0.4) is 0 Å². The quantitative estimate of drug-likeness (QED) is 0.681.